The fourth-order valence-corrected chi connectivity index (χ4v) is 1.91. The first-order chi connectivity index (χ1) is 10.2. The normalized spacial score (nSPS) is 12.0. The lowest BCUT2D eigenvalue weighted by Gasteiger charge is -2.07. The zero-order valence-electron chi connectivity index (χ0n) is 11.2. The van der Waals surface area contributed by atoms with E-state index in [1.807, 2.05) is 0 Å². The van der Waals surface area contributed by atoms with Gasteiger partial charge in [0.1, 0.15) is 5.75 Å². The highest BCUT2D eigenvalue weighted by molar-refractivity contribution is 5.91. The second kappa shape index (κ2) is 5.24. The molecule has 0 spiro atoms. The summed E-state index contributed by atoms with van der Waals surface area (Å²) in [5, 5.41) is 9.50. The summed E-state index contributed by atoms with van der Waals surface area (Å²) in [5.41, 5.74) is 0.266. The minimum atomic E-state index is -0.563. The Balaban J connectivity index is 1.80. The number of ether oxygens (including phenoxy) is 4. The number of hydrogen-bond donors (Lipinski definition) is 1. The lowest BCUT2D eigenvalue weighted by molar-refractivity contribution is 0.0734. The molecule has 6 nitrogen and oxygen atoms in total. The van der Waals surface area contributed by atoms with E-state index >= 15 is 0 Å². The number of aromatic hydroxyl groups is 1. The van der Waals surface area contributed by atoms with Gasteiger partial charge >= 0.3 is 5.97 Å². The van der Waals surface area contributed by atoms with Gasteiger partial charge in [-0.25, -0.2) is 4.79 Å². The summed E-state index contributed by atoms with van der Waals surface area (Å²) < 4.78 is 20.6. The van der Waals surface area contributed by atoms with Crippen molar-refractivity contribution in [3.8, 4) is 28.7 Å². The van der Waals surface area contributed by atoms with E-state index in [0.717, 1.165) is 0 Å². The molecule has 0 aromatic heterocycles. The van der Waals surface area contributed by atoms with Crippen molar-refractivity contribution >= 4 is 5.97 Å². The van der Waals surface area contributed by atoms with E-state index in [-0.39, 0.29) is 23.9 Å². The highest BCUT2D eigenvalue weighted by Gasteiger charge is 2.16. The van der Waals surface area contributed by atoms with Gasteiger partial charge in [-0.3, -0.25) is 0 Å². The zero-order valence-corrected chi connectivity index (χ0v) is 11.2. The van der Waals surface area contributed by atoms with Crippen molar-refractivity contribution in [1.82, 2.24) is 0 Å². The Kier molecular flexibility index (Phi) is 3.27. The second-order valence-corrected chi connectivity index (χ2v) is 4.29. The van der Waals surface area contributed by atoms with Crippen molar-refractivity contribution in [3.05, 3.63) is 42.0 Å². The maximum absolute atomic E-state index is 12.1. The predicted molar refractivity (Wildman–Crippen MR) is 72.2 cm³/mol. The third kappa shape index (κ3) is 2.55. The molecule has 0 unspecified atom stereocenters. The number of fused-ring (bicyclic) bond motifs is 1. The highest BCUT2D eigenvalue weighted by atomic mass is 16.7. The van der Waals surface area contributed by atoms with Crippen LogP contribution in [-0.2, 0) is 0 Å². The molecule has 0 aliphatic carbocycles. The number of benzene rings is 2. The van der Waals surface area contributed by atoms with Crippen LogP contribution in [0.4, 0.5) is 0 Å². The van der Waals surface area contributed by atoms with Crippen LogP contribution in [-0.4, -0.2) is 25.0 Å². The lowest BCUT2D eigenvalue weighted by Crippen LogP contribution is -2.08. The van der Waals surface area contributed by atoms with Crippen LogP contribution >= 0.6 is 0 Å². The van der Waals surface area contributed by atoms with Crippen LogP contribution in [0.3, 0.4) is 0 Å². The number of methoxy groups -OCH3 is 1. The average Bonchev–Trinajstić information content (AvgIpc) is 2.95. The molecule has 1 N–H and O–H groups in total. The first-order valence-electron chi connectivity index (χ1n) is 6.16. The van der Waals surface area contributed by atoms with Crippen molar-refractivity contribution in [2.24, 2.45) is 0 Å². The van der Waals surface area contributed by atoms with E-state index in [1.54, 1.807) is 18.2 Å². The van der Waals surface area contributed by atoms with Gasteiger partial charge in [0, 0.05) is 6.07 Å². The Morgan fingerprint density at radius 2 is 1.95 bits per heavy atom. The number of carbonyl (C=O) groups excluding carboxylic acids is 1. The minimum absolute atomic E-state index is 0.0443. The molecule has 2 aromatic rings. The first kappa shape index (κ1) is 13.1. The van der Waals surface area contributed by atoms with E-state index < -0.39 is 5.97 Å². The van der Waals surface area contributed by atoms with Crippen molar-refractivity contribution in [1.29, 1.82) is 0 Å². The smallest absolute Gasteiger partial charge is 0.343 e. The molecule has 2 aromatic carbocycles. The largest absolute Gasteiger partial charge is 0.504 e. The molecular weight excluding hydrogens is 276 g/mol. The van der Waals surface area contributed by atoms with Crippen LogP contribution in [0.25, 0.3) is 0 Å². The van der Waals surface area contributed by atoms with E-state index in [0.29, 0.717) is 17.2 Å². The van der Waals surface area contributed by atoms with Crippen molar-refractivity contribution in [2.75, 3.05) is 13.9 Å². The predicted octanol–water partition coefficient (Wildman–Crippen LogP) is 2.35. The van der Waals surface area contributed by atoms with E-state index in [2.05, 4.69) is 0 Å². The fourth-order valence-electron chi connectivity index (χ4n) is 1.91. The van der Waals surface area contributed by atoms with Crippen LogP contribution in [0.2, 0.25) is 0 Å². The molecule has 21 heavy (non-hydrogen) atoms. The highest BCUT2D eigenvalue weighted by Crippen LogP contribution is 2.35. The first-order valence-corrected chi connectivity index (χ1v) is 6.16. The average molecular weight is 288 g/mol. The van der Waals surface area contributed by atoms with Crippen molar-refractivity contribution < 1.29 is 28.8 Å². The molecule has 0 amide bonds. The Morgan fingerprint density at radius 3 is 2.76 bits per heavy atom. The molecule has 6 heteroatoms. The van der Waals surface area contributed by atoms with Crippen LogP contribution in [0.1, 0.15) is 10.4 Å². The minimum Gasteiger partial charge on any atom is -0.504 e. The van der Waals surface area contributed by atoms with Crippen LogP contribution < -0.4 is 18.9 Å². The van der Waals surface area contributed by atoms with E-state index in [9.17, 15) is 9.90 Å². The Morgan fingerprint density at radius 1 is 1.14 bits per heavy atom. The number of rotatable bonds is 3. The lowest BCUT2D eigenvalue weighted by atomic mass is 10.2. The molecule has 1 aliphatic heterocycles. The molecule has 1 heterocycles. The van der Waals surface area contributed by atoms with Crippen LogP contribution in [0, 0.1) is 0 Å². The van der Waals surface area contributed by atoms with Gasteiger partial charge in [0.05, 0.1) is 12.7 Å². The van der Waals surface area contributed by atoms with Gasteiger partial charge < -0.3 is 24.1 Å². The molecule has 0 bridgehead atoms. The maximum Gasteiger partial charge on any atom is 0.343 e. The van der Waals surface area contributed by atoms with Crippen molar-refractivity contribution in [3.63, 3.8) is 0 Å². The molecular formula is C15H12O6. The third-order valence-corrected chi connectivity index (χ3v) is 2.97. The molecule has 0 atom stereocenters. The number of hydrogen-bond acceptors (Lipinski definition) is 6. The van der Waals surface area contributed by atoms with Gasteiger partial charge in [-0.1, -0.05) is 0 Å². The summed E-state index contributed by atoms with van der Waals surface area (Å²) >= 11 is 0. The van der Waals surface area contributed by atoms with E-state index in [1.165, 1.54) is 25.3 Å². The van der Waals surface area contributed by atoms with E-state index in [4.69, 9.17) is 18.9 Å². The SMILES string of the molecule is COc1cc(C(=O)Oc2ccc3c(c2)OCO3)ccc1O. The fraction of sp³-hybridized carbons (Fsp3) is 0.133. The molecule has 0 fully saturated rings. The number of carbonyl (C=O) groups is 1. The van der Waals surface area contributed by atoms with Crippen LogP contribution in [0.15, 0.2) is 36.4 Å². The van der Waals surface area contributed by atoms with Gasteiger partial charge in [-0.2, -0.15) is 0 Å². The van der Waals surface area contributed by atoms with Gasteiger partial charge in [-0.05, 0) is 30.3 Å². The summed E-state index contributed by atoms with van der Waals surface area (Å²) in [5.74, 6) is 1.08. The van der Waals surface area contributed by atoms with Crippen molar-refractivity contribution in [2.45, 2.75) is 0 Å². The second-order valence-electron chi connectivity index (χ2n) is 4.29. The number of phenols is 1. The maximum atomic E-state index is 12.1. The molecule has 0 radical (unpaired) electrons. The topological polar surface area (TPSA) is 74.2 Å². The zero-order chi connectivity index (χ0) is 14.8. The summed E-state index contributed by atoms with van der Waals surface area (Å²) in [6.07, 6.45) is 0. The molecule has 0 saturated heterocycles. The summed E-state index contributed by atoms with van der Waals surface area (Å²) in [6.45, 7) is 0.155. The standard InChI is InChI=1S/C15H12O6/c1-18-13-6-9(2-4-11(13)16)15(17)21-10-3-5-12-14(7-10)20-8-19-12/h2-7,16H,8H2,1H3. The molecule has 3 rings (SSSR count). The monoisotopic (exact) mass is 288 g/mol. The van der Waals surface area contributed by atoms with Gasteiger partial charge in [0.15, 0.2) is 23.0 Å². The summed E-state index contributed by atoms with van der Waals surface area (Å²) in [7, 11) is 1.40. The molecule has 108 valence electrons. The van der Waals surface area contributed by atoms with Gasteiger partial charge in [-0.15, -0.1) is 0 Å². The summed E-state index contributed by atoms with van der Waals surface area (Å²) in [6, 6.07) is 9.09. The third-order valence-electron chi connectivity index (χ3n) is 2.97. The Bertz CT molecular complexity index is 695. The molecule has 1 aliphatic rings. The number of esters is 1. The Hall–Kier alpha value is -2.89. The van der Waals surface area contributed by atoms with Gasteiger partial charge in [0.2, 0.25) is 6.79 Å². The number of phenolic OH excluding ortho intramolecular Hbond substituents is 1. The Labute approximate surface area is 120 Å². The van der Waals surface area contributed by atoms with Gasteiger partial charge in [0.25, 0.3) is 0 Å². The quantitative estimate of drug-likeness (QED) is 0.690. The molecule has 0 saturated carbocycles. The van der Waals surface area contributed by atoms with Crippen LogP contribution in [0.5, 0.6) is 28.7 Å². The summed E-state index contributed by atoms with van der Waals surface area (Å²) in [4.78, 5) is 12.1.